The van der Waals surface area contributed by atoms with Crippen molar-refractivity contribution < 1.29 is 23.5 Å². The Bertz CT molecular complexity index is 586. The van der Waals surface area contributed by atoms with Crippen molar-refractivity contribution in [2.24, 2.45) is 5.92 Å². The molecule has 0 spiro atoms. The molecule has 0 aromatic heterocycles. The predicted octanol–water partition coefficient (Wildman–Crippen LogP) is 3.44. The van der Waals surface area contributed by atoms with Crippen LogP contribution in [-0.4, -0.2) is 23.0 Å². The van der Waals surface area contributed by atoms with E-state index in [2.05, 4.69) is 5.32 Å². The molecule has 0 unspecified atom stereocenters. The molecule has 132 valence electrons. The Morgan fingerprint density at radius 2 is 1.92 bits per heavy atom. The van der Waals surface area contributed by atoms with E-state index in [1.54, 1.807) is 0 Å². The molecule has 0 aliphatic heterocycles. The Hall–Kier alpha value is -1.98. The lowest BCUT2D eigenvalue weighted by atomic mass is 9.85. The Labute approximate surface area is 140 Å². The molecule has 2 N–H and O–H groups in total. The summed E-state index contributed by atoms with van der Waals surface area (Å²) in [4.78, 5) is 23.3. The molecule has 2 rings (SSSR count). The van der Waals surface area contributed by atoms with E-state index in [0.717, 1.165) is 25.3 Å². The van der Waals surface area contributed by atoms with E-state index in [4.69, 9.17) is 0 Å². The third-order valence-corrected chi connectivity index (χ3v) is 4.59. The normalized spacial score (nSPS) is 16.6. The van der Waals surface area contributed by atoms with Crippen LogP contribution in [-0.2, 0) is 16.0 Å². The lowest BCUT2D eigenvalue weighted by molar-refractivity contribution is -0.142. The van der Waals surface area contributed by atoms with Gasteiger partial charge in [0.15, 0.2) is 0 Å². The van der Waals surface area contributed by atoms with Crippen LogP contribution in [0.4, 0.5) is 8.78 Å². The van der Waals surface area contributed by atoms with Crippen molar-refractivity contribution in [2.75, 3.05) is 0 Å². The first-order chi connectivity index (χ1) is 11.5. The molecular formula is C18H23F2NO3. The SMILES string of the molecule is O=C(Cc1ccc(F)cc1F)N[C@@H](CCC1CCCCC1)C(=O)O. The highest BCUT2D eigenvalue weighted by Crippen LogP contribution is 2.27. The Morgan fingerprint density at radius 1 is 1.21 bits per heavy atom. The molecule has 1 aromatic rings. The van der Waals surface area contributed by atoms with Crippen LogP contribution in [0.15, 0.2) is 18.2 Å². The second kappa shape index (κ2) is 8.76. The summed E-state index contributed by atoms with van der Waals surface area (Å²) in [5, 5.41) is 11.7. The van der Waals surface area contributed by atoms with Crippen LogP contribution < -0.4 is 5.32 Å². The summed E-state index contributed by atoms with van der Waals surface area (Å²) in [6.45, 7) is 0. The van der Waals surface area contributed by atoms with E-state index in [1.165, 1.54) is 25.3 Å². The predicted molar refractivity (Wildman–Crippen MR) is 85.4 cm³/mol. The van der Waals surface area contributed by atoms with Gasteiger partial charge >= 0.3 is 5.97 Å². The minimum absolute atomic E-state index is 0.0466. The number of benzene rings is 1. The van der Waals surface area contributed by atoms with Gasteiger partial charge in [0.1, 0.15) is 17.7 Å². The third-order valence-electron chi connectivity index (χ3n) is 4.59. The van der Waals surface area contributed by atoms with E-state index in [0.29, 0.717) is 18.4 Å². The summed E-state index contributed by atoms with van der Waals surface area (Å²) in [7, 11) is 0. The largest absolute Gasteiger partial charge is 0.480 e. The molecule has 1 atom stereocenters. The number of nitrogens with one attached hydrogen (secondary N) is 1. The molecule has 1 aromatic carbocycles. The van der Waals surface area contributed by atoms with Crippen LogP contribution in [0.2, 0.25) is 0 Å². The van der Waals surface area contributed by atoms with Gasteiger partial charge in [0.2, 0.25) is 5.91 Å². The zero-order valence-corrected chi connectivity index (χ0v) is 13.6. The second-order valence-corrected chi connectivity index (χ2v) is 6.45. The monoisotopic (exact) mass is 339 g/mol. The van der Waals surface area contributed by atoms with E-state index in [-0.39, 0.29) is 12.0 Å². The maximum absolute atomic E-state index is 13.6. The number of carbonyl (C=O) groups excluding carboxylic acids is 1. The number of aliphatic carboxylic acids is 1. The van der Waals surface area contributed by atoms with Crippen molar-refractivity contribution in [2.45, 2.75) is 57.4 Å². The molecule has 0 heterocycles. The maximum atomic E-state index is 13.6. The number of hydrogen-bond acceptors (Lipinski definition) is 2. The lowest BCUT2D eigenvalue weighted by Crippen LogP contribution is -2.41. The van der Waals surface area contributed by atoms with Crippen molar-refractivity contribution in [3.8, 4) is 0 Å². The fraction of sp³-hybridized carbons (Fsp3) is 0.556. The molecule has 1 fully saturated rings. The van der Waals surface area contributed by atoms with E-state index < -0.39 is 29.6 Å². The topological polar surface area (TPSA) is 66.4 Å². The lowest BCUT2D eigenvalue weighted by Gasteiger charge is -2.23. The fourth-order valence-corrected chi connectivity index (χ4v) is 3.22. The Kier molecular flexibility index (Phi) is 6.70. The zero-order chi connectivity index (χ0) is 17.5. The maximum Gasteiger partial charge on any atom is 0.326 e. The van der Waals surface area contributed by atoms with Gasteiger partial charge in [-0.2, -0.15) is 0 Å². The number of amides is 1. The number of carboxylic acid groups (broad SMARTS) is 1. The number of hydrogen-bond donors (Lipinski definition) is 2. The first kappa shape index (κ1) is 18.4. The average molecular weight is 339 g/mol. The number of carbonyl (C=O) groups is 2. The molecule has 0 bridgehead atoms. The van der Waals surface area contributed by atoms with Crippen LogP contribution in [0.5, 0.6) is 0 Å². The van der Waals surface area contributed by atoms with Crippen molar-refractivity contribution in [1.82, 2.24) is 5.32 Å². The molecule has 1 saturated carbocycles. The van der Waals surface area contributed by atoms with Gasteiger partial charge < -0.3 is 10.4 Å². The van der Waals surface area contributed by atoms with Gasteiger partial charge in [0.25, 0.3) is 0 Å². The van der Waals surface area contributed by atoms with Gasteiger partial charge in [-0.1, -0.05) is 38.2 Å². The molecule has 6 heteroatoms. The molecule has 1 aliphatic rings. The van der Waals surface area contributed by atoms with Crippen LogP contribution in [0.3, 0.4) is 0 Å². The first-order valence-electron chi connectivity index (χ1n) is 8.42. The summed E-state index contributed by atoms with van der Waals surface area (Å²) in [6, 6.07) is 2.01. The van der Waals surface area contributed by atoms with Gasteiger partial charge in [0, 0.05) is 6.07 Å². The minimum Gasteiger partial charge on any atom is -0.480 e. The summed E-state index contributed by atoms with van der Waals surface area (Å²) in [5.74, 6) is -2.66. The molecule has 24 heavy (non-hydrogen) atoms. The van der Waals surface area contributed by atoms with Crippen molar-refractivity contribution in [3.63, 3.8) is 0 Å². The highest BCUT2D eigenvalue weighted by Gasteiger charge is 2.23. The summed E-state index contributed by atoms with van der Waals surface area (Å²) in [5.41, 5.74) is 0.0466. The summed E-state index contributed by atoms with van der Waals surface area (Å²) in [6.07, 6.45) is 6.65. The van der Waals surface area contributed by atoms with Crippen LogP contribution in [0.1, 0.15) is 50.5 Å². The quantitative estimate of drug-likeness (QED) is 0.800. The number of halogens is 2. The first-order valence-corrected chi connectivity index (χ1v) is 8.42. The van der Waals surface area contributed by atoms with E-state index in [9.17, 15) is 23.5 Å². The number of rotatable bonds is 7. The van der Waals surface area contributed by atoms with Crippen LogP contribution >= 0.6 is 0 Å². The second-order valence-electron chi connectivity index (χ2n) is 6.45. The van der Waals surface area contributed by atoms with Gasteiger partial charge in [-0.15, -0.1) is 0 Å². The van der Waals surface area contributed by atoms with Gasteiger partial charge in [-0.25, -0.2) is 13.6 Å². The van der Waals surface area contributed by atoms with Gasteiger partial charge in [-0.3, -0.25) is 4.79 Å². The zero-order valence-electron chi connectivity index (χ0n) is 13.6. The molecule has 1 amide bonds. The van der Waals surface area contributed by atoms with Crippen LogP contribution in [0, 0.1) is 17.6 Å². The van der Waals surface area contributed by atoms with Gasteiger partial charge in [-0.05, 0) is 30.4 Å². The smallest absolute Gasteiger partial charge is 0.326 e. The number of carboxylic acids is 1. The molecule has 4 nitrogen and oxygen atoms in total. The third kappa shape index (κ3) is 5.58. The Balaban J connectivity index is 1.86. The fourth-order valence-electron chi connectivity index (χ4n) is 3.22. The molecule has 0 saturated heterocycles. The molecular weight excluding hydrogens is 316 g/mol. The highest BCUT2D eigenvalue weighted by atomic mass is 19.1. The van der Waals surface area contributed by atoms with Crippen molar-refractivity contribution >= 4 is 11.9 Å². The van der Waals surface area contributed by atoms with Crippen molar-refractivity contribution in [3.05, 3.63) is 35.4 Å². The highest BCUT2D eigenvalue weighted by molar-refractivity contribution is 5.84. The van der Waals surface area contributed by atoms with Crippen LogP contribution in [0.25, 0.3) is 0 Å². The summed E-state index contributed by atoms with van der Waals surface area (Å²) >= 11 is 0. The standard InChI is InChI=1S/C18H23F2NO3/c19-14-8-7-13(15(20)11-14)10-17(22)21-16(18(23)24)9-6-12-4-2-1-3-5-12/h7-8,11-12,16H,1-6,9-10H2,(H,21,22)(H,23,24)/t16-/m0/s1. The van der Waals surface area contributed by atoms with Gasteiger partial charge in [0.05, 0.1) is 6.42 Å². The minimum atomic E-state index is -1.08. The average Bonchev–Trinajstić information content (AvgIpc) is 2.55. The Morgan fingerprint density at radius 3 is 2.54 bits per heavy atom. The summed E-state index contributed by atoms with van der Waals surface area (Å²) < 4.78 is 26.4. The van der Waals surface area contributed by atoms with E-state index >= 15 is 0 Å². The molecule has 0 radical (unpaired) electrons. The molecule has 1 aliphatic carbocycles. The van der Waals surface area contributed by atoms with Crippen molar-refractivity contribution in [1.29, 1.82) is 0 Å². The van der Waals surface area contributed by atoms with E-state index in [1.807, 2.05) is 0 Å².